The van der Waals surface area contributed by atoms with Crippen LogP contribution < -0.4 is 4.90 Å². The second-order valence-corrected chi connectivity index (χ2v) is 7.25. The number of morpholine rings is 1. The molecule has 0 amide bonds. The highest BCUT2D eigenvalue weighted by atomic mass is 32.2. The van der Waals surface area contributed by atoms with Crippen LogP contribution in [0.1, 0.15) is 0 Å². The van der Waals surface area contributed by atoms with Crippen molar-refractivity contribution in [2.24, 2.45) is 0 Å². The zero-order valence-electron chi connectivity index (χ0n) is 12.6. The van der Waals surface area contributed by atoms with Crippen LogP contribution in [-0.2, 0) is 11.3 Å². The Morgan fingerprint density at radius 3 is 3.22 bits per heavy atom. The minimum Gasteiger partial charge on any atom is -0.373 e. The average molecular weight is 348 g/mol. The molecule has 7 nitrogen and oxygen atoms in total. The average Bonchev–Trinajstić information content (AvgIpc) is 3.23. The molecule has 3 aromatic heterocycles. The number of anilines is 1. The van der Waals surface area contributed by atoms with Crippen LogP contribution in [0.25, 0.3) is 10.3 Å². The van der Waals surface area contributed by atoms with Gasteiger partial charge in [-0.15, -0.1) is 11.3 Å². The fourth-order valence-electron chi connectivity index (χ4n) is 2.67. The van der Waals surface area contributed by atoms with Crippen LogP contribution in [0.5, 0.6) is 0 Å². The minimum absolute atomic E-state index is 0.0987. The molecule has 3 aromatic rings. The first kappa shape index (κ1) is 14.9. The van der Waals surface area contributed by atoms with E-state index in [1.807, 2.05) is 23.2 Å². The maximum absolute atomic E-state index is 5.88. The number of thiazole rings is 1. The standard InChI is InChI=1S/C14H16N6OS2/c1-22-14-18-12-11(23-14)13(16-9-15-12)19-5-6-21-10(7-19)8-20-4-2-3-17-20/h2-4,9-10H,5-8H2,1H3. The summed E-state index contributed by atoms with van der Waals surface area (Å²) in [5.74, 6) is 0.960. The third-order valence-electron chi connectivity index (χ3n) is 3.72. The topological polar surface area (TPSA) is 69.0 Å². The van der Waals surface area contributed by atoms with Crippen LogP contribution >= 0.6 is 23.1 Å². The summed E-state index contributed by atoms with van der Waals surface area (Å²) < 4.78 is 9.85. The second-order valence-electron chi connectivity index (χ2n) is 5.20. The van der Waals surface area contributed by atoms with E-state index >= 15 is 0 Å². The highest BCUT2D eigenvalue weighted by Crippen LogP contribution is 2.33. The SMILES string of the molecule is CSc1nc2ncnc(N3CCOC(Cn4cccn4)C3)c2s1. The van der Waals surface area contributed by atoms with Gasteiger partial charge in [0.1, 0.15) is 11.0 Å². The molecule has 23 heavy (non-hydrogen) atoms. The van der Waals surface area contributed by atoms with Crippen molar-refractivity contribution in [1.82, 2.24) is 24.7 Å². The molecule has 1 aliphatic rings. The molecule has 4 rings (SSSR count). The lowest BCUT2D eigenvalue weighted by molar-refractivity contribution is 0.0273. The van der Waals surface area contributed by atoms with Crippen LogP contribution in [0.2, 0.25) is 0 Å². The van der Waals surface area contributed by atoms with Crippen LogP contribution in [0.4, 0.5) is 5.82 Å². The first-order valence-electron chi connectivity index (χ1n) is 7.33. The fraction of sp³-hybridized carbons (Fsp3) is 0.429. The molecule has 1 atom stereocenters. The summed E-state index contributed by atoms with van der Waals surface area (Å²) in [6.07, 6.45) is 7.47. The van der Waals surface area contributed by atoms with Gasteiger partial charge in [0.05, 0.1) is 19.3 Å². The first-order valence-corrected chi connectivity index (χ1v) is 9.37. The Bertz CT molecular complexity index is 790. The van der Waals surface area contributed by atoms with Crippen LogP contribution in [0.3, 0.4) is 0 Å². The third kappa shape index (κ3) is 3.04. The molecule has 1 saturated heterocycles. The summed E-state index contributed by atoms with van der Waals surface area (Å²) in [6.45, 7) is 3.05. The molecule has 0 saturated carbocycles. The van der Waals surface area contributed by atoms with Crippen molar-refractivity contribution in [1.29, 1.82) is 0 Å². The fourth-order valence-corrected chi connectivity index (χ4v) is 4.21. The van der Waals surface area contributed by atoms with Crippen molar-refractivity contribution in [2.45, 2.75) is 17.0 Å². The molecule has 0 N–H and O–H groups in total. The summed E-state index contributed by atoms with van der Waals surface area (Å²) in [4.78, 5) is 15.6. The summed E-state index contributed by atoms with van der Waals surface area (Å²) in [6, 6.07) is 1.93. The van der Waals surface area contributed by atoms with Gasteiger partial charge in [-0.1, -0.05) is 11.8 Å². The van der Waals surface area contributed by atoms with E-state index in [9.17, 15) is 0 Å². The quantitative estimate of drug-likeness (QED) is 0.667. The van der Waals surface area contributed by atoms with Gasteiger partial charge in [-0.05, 0) is 12.3 Å². The molecule has 4 heterocycles. The Labute approximate surface area is 141 Å². The zero-order chi connectivity index (χ0) is 15.6. The molecule has 0 bridgehead atoms. The Morgan fingerprint density at radius 1 is 1.43 bits per heavy atom. The van der Waals surface area contributed by atoms with Gasteiger partial charge in [-0.3, -0.25) is 4.68 Å². The van der Waals surface area contributed by atoms with Crippen LogP contribution in [0.15, 0.2) is 29.1 Å². The largest absolute Gasteiger partial charge is 0.373 e. The molecule has 0 aromatic carbocycles. The molecule has 1 aliphatic heterocycles. The van der Waals surface area contributed by atoms with E-state index in [-0.39, 0.29) is 6.10 Å². The van der Waals surface area contributed by atoms with Gasteiger partial charge in [0.25, 0.3) is 0 Å². The van der Waals surface area contributed by atoms with E-state index in [0.717, 1.165) is 40.1 Å². The highest BCUT2D eigenvalue weighted by Gasteiger charge is 2.24. The molecule has 0 aliphatic carbocycles. The number of rotatable bonds is 4. The summed E-state index contributed by atoms with van der Waals surface area (Å²) in [5, 5.41) is 4.25. The maximum Gasteiger partial charge on any atom is 0.176 e. The Kier molecular flexibility index (Phi) is 4.15. The molecule has 1 unspecified atom stereocenters. The van der Waals surface area contributed by atoms with Crippen LogP contribution in [0, 0.1) is 0 Å². The molecule has 9 heteroatoms. The number of aromatic nitrogens is 5. The number of fused-ring (bicyclic) bond motifs is 1. The normalized spacial score (nSPS) is 18.7. The van der Waals surface area contributed by atoms with E-state index in [0.29, 0.717) is 6.61 Å². The minimum atomic E-state index is 0.0987. The zero-order valence-corrected chi connectivity index (χ0v) is 14.3. The van der Waals surface area contributed by atoms with Gasteiger partial charge >= 0.3 is 0 Å². The number of hydrogen-bond acceptors (Lipinski definition) is 8. The lowest BCUT2D eigenvalue weighted by Gasteiger charge is -2.33. The van der Waals surface area contributed by atoms with E-state index in [1.165, 1.54) is 0 Å². The van der Waals surface area contributed by atoms with Gasteiger partial charge in [0.15, 0.2) is 15.8 Å². The molecule has 0 radical (unpaired) electrons. The Morgan fingerprint density at radius 2 is 2.39 bits per heavy atom. The van der Waals surface area contributed by atoms with Gasteiger partial charge in [-0.25, -0.2) is 15.0 Å². The predicted octanol–water partition coefficient (Wildman–Crippen LogP) is 1.91. The highest BCUT2D eigenvalue weighted by molar-refractivity contribution is 8.00. The van der Waals surface area contributed by atoms with Gasteiger partial charge < -0.3 is 9.64 Å². The number of hydrogen-bond donors (Lipinski definition) is 0. The monoisotopic (exact) mass is 348 g/mol. The van der Waals surface area contributed by atoms with E-state index in [1.54, 1.807) is 35.6 Å². The van der Waals surface area contributed by atoms with Crippen molar-refractivity contribution in [3.05, 3.63) is 24.8 Å². The molecule has 120 valence electrons. The predicted molar refractivity (Wildman–Crippen MR) is 91.2 cm³/mol. The maximum atomic E-state index is 5.88. The summed E-state index contributed by atoms with van der Waals surface area (Å²) >= 11 is 3.29. The molecule has 1 fully saturated rings. The van der Waals surface area contributed by atoms with E-state index < -0.39 is 0 Å². The molecular weight excluding hydrogens is 332 g/mol. The van der Waals surface area contributed by atoms with Crippen LogP contribution in [-0.4, -0.2) is 56.8 Å². The van der Waals surface area contributed by atoms with Crippen molar-refractivity contribution < 1.29 is 4.74 Å². The lowest BCUT2D eigenvalue weighted by Crippen LogP contribution is -2.44. The third-order valence-corrected chi connectivity index (χ3v) is 5.74. The summed E-state index contributed by atoms with van der Waals surface area (Å²) in [7, 11) is 0. The number of ether oxygens (including phenoxy) is 1. The number of nitrogens with zero attached hydrogens (tertiary/aromatic N) is 6. The van der Waals surface area contributed by atoms with Crippen molar-refractivity contribution in [2.75, 3.05) is 30.9 Å². The first-order chi connectivity index (χ1) is 11.3. The lowest BCUT2D eigenvalue weighted by atomic mass is 10.2. The summed E-state index contributed by atoms with van der Waals surface area (Å²) in [5.41, 5.74) is 0.777. The van der Waals surface area contributed by atoms with Gasteiger partial charge in [-0.2, -0.15) is 5.10 Å². The Balaban J connectivity index is 1.58. The van der Waals surface area contributed by atoms with Gasteiger partial charge in [0, 0.05) is 25.5 Å². The smallest absolute Gasteiger partial charge is 0.176 e. The number of thioether (sulfide) groups is 1. The van der Waals surface area contributed by atoms with Gasteiger partial charge in [0.2, 0.25) is 0 Å². The van der Waals surface area contributed by atoms with Crippen molar-refractivity contribution in [3.63, 3.8) is 0 Å². The van der Waals surface area contributed by atoms with E-state index in [2.05, 4.69) is 25.0 Å². The van der Waals surface area contributed by atoms with Crippen molar-refractivity contribution in [3.8, 4) is 0 Å². The second kappa shape index (κ2) is 6.42. The Hall–Kier alpha value is -1.71. The van der Waals surface area contributed by atoms with E-state index in [4.69, 9.17) is 4.74 Å². The van der Waals surface area contributed by atoms with Crippen molar-refractivity contribution >= 4 is 39.3 Å². The molecule has 0 spiro atoms. The molecular formula is C14H16N6OS2.